The summed E-state index contributed by atoms with van der Waals surface area (Å²) in [7, 11) is 1.62. The van der Waals surface area contributed by atoms with Crippen molar-refractivity contribution < 1.29 is 13.9 Å². The van der Waals surface area contributed by atoms with Crippen molar-refractivity contribution in [3.8, 4) is 0 Å². The van der Waals surface area contributed by atoms with Crippen LogP contribution < -0.4 is 0 Å². The van der Waals surface area contributed by atoms with E-state index in [0.717, 1.165) is 6.42 Å². The normalized spacial score (nSPS) is 20.1. The summed E-state index contributed by atoms with van der Waals surface area (Å²) in [6.07, 6.45) is 0.898. The lowest BCUT2D eigenvalue weighted by molar-refractivity contribution is 0.0718. The first-order valence-electron chi connectivity index (χ1n) is 5.15. The molecule has 0 aliphatic carbocycles. The molecule has 5 heteroatoms. The number of likely N-dealkylation sites (tertiary alicyclic amines) is 1. The van der Waals surface area contributed by atoms with Crippen LogP contribution >= 0.6 is 0 Å². The van der Waals surface area contributed by atoms with Crippen molar-refractivity contribution in [3.63, 3.8) is 0 Å². The molecule has 1 aliphatic heterocycles. The standard InChI is InChI=1S/C11H13FN2O2/c1-16-8-5-6-14(7-8)11(15)9-3-2-4-10(12)13-9/h2-4,8H,5-7H2,1H3. The molecule has 1 aromatic rings. The highest BCUT2D eigenvalue weighted by Crippen LogP contribution is 2.14. The zero-order valence-corrected chi connectivity index (χ0v) is 9.02. The van der Waals surface area contributed by atoms with Crippen molar-refractivity contribution in [2.75, 3.05) is 20.2 Å². The summed E-state index contributed by atoms with van der Waals surface area (Å²) in [5.41, 5.74) is 0.150. The van der Waals surface area contributed by atoms with Crippen LogP contribution in [0.3, 0.4) is 0 Å². The van der Waals surface area contributed by atoms with E-state index in [1.165, 1.54) is 18.2 Å². The molecule has 1 unspecified atom stereocenters. The van der Waals surface area contributed by atoms with Gasteiger partial charge >= 0.3 is 0 Å². The van der Waals surface area contributed by atoms with Gasteiger partial charge in [0, 0.05) is 20.2 Å². The van der Waals surface area contributed by atoms with Gasteiger partial charge in [-0.2, -0.15) is 4.39 Å². The molecule has 1 aliphatic rings. The van der Waals surface area contributed by atoms with Crippen molar-refractivity contribution in [2.45, 2.75) is 12.5 Å². The SMILES string of the molecule is COC1CCN(C(=O)c2cccc(F)n2)C1. The van der Waals surface area contributed by atoms with Crippen LogP contribution in [0.1, 0.15) is 16.9 Å². The highest BCUT2D eigenvalue weighted by molar-refractivity contribution is 5.92. The molecular formula is C11H13FN2O2. The number of halogens is 1. The molecule has 0 saturated carbocycles. The van der Waals surface area contributed by atoms with Gasteiger partial charge in [0.15, 0.2) is 0 Å². The van der Waals surface area contributed by atoms with Crippen LogP contribution in [0, 0.1) is 5.95 Å². The van der Waals surface area contributed by atoms with E-state index in [4.69, 9.17) is 4.74 Å². The molecule has 0 N–H and O–H groups in total. The molecule has 2 heterocycles. The molecule has 0 spiro atoms. The molecule has 2 rings (SSSR count). The fourth-order valence-corrected chi connectivity index (χ4v) is 1.79. The molecule has 1 atom stereocenters. The number of ether oxygens (including phenoxy) is 1. The van der Waals surface area contributed by atoms with Gasteiger partial charge in [-0.25, -0.2) is 4.98 Å². The Morgan fingerprint density at radius 2 is 2.44 bits per heavy atom. The van der Waals surface area contributed by atoms with Gasteiger partial charge in [-0.15, -0.1) is 0 Å². The lowest BCUT2D eigenvalue weighted by atomic mass is 10.3. The third kappa shape index (κ3) is 2.19. The molecule has 1 amide bonds. The minimum absolute atomic E-state index is 0.0810. The fraction of sp³-hybridized carbons (Fsp3) is 0.455. The number of aromatic nitrogens is 1. The Labute approximate surface area is 93.0 Å². The molecule has 16 heavy (non-hydrogen) atoms. The average molecular weight is 224 g/mol. The van der Waals surface area contributed by atoms with Crippen LogP contribution in [0.25, 0.3) is 0 Å². The highest BCUT2D eigenvalue weighted by Gasteiger charge is 2.27. The van der Waals surface area contributed by atoms with Crippen LogP contribution in [-0.2, 0) is 4.74 Å². The van der Waals surface area contributed by atoms with Gasteiger partial charge in [0.1, 0.15) is 5.69 Å². The van der Waals surface area contributed by atoms with E-state index in [1.54, 1.807) is 12.0 Å². The number of hydrogen-bond donors (Lipinski definition) is 0. The number of carbonyl (C=O) groups excluding carboxylic acids is 1. The predicted octanol–water partition coefficient (Wildman–Crippen LogP) is 1.08. The maximum atomic E-state index is 12.9. The Balaban J connectivity index is 2.08. The van der Waals surface area contributed by atoms with E-state index < -0.39 is 5.95 Å². The summed E-state index contributed by atoms with van der Waals surface area (Å²) in [5.74, 6) is -0.868. The van der Waals surface area contributed by atoms with Crippen LogP contribution in [0.4, 0.5) is 4.39 Å². The van der Waals surface area contributed by atoms with E-state index in [1.807, 2.05) is 0 Å². The van der Waals surface area contributed by atoms with Gasteiger partial charge in [-0.3, -0.25) is 4.79 Å². The molecule has 1 fully saturated rings. The number of amides is 1. The highest BCUT2D eigenvalue weighted by atomic mass is 19.1. The Hall–Kier alpha value is -1.49. The van der Waals surface area contributed by atoms with Crippen LogP contribution in [0.5, 0.6) is 0 Å². The van der Waals surface area contributed by atoms with E-state index in [9.17, 15) is 9.18 Å². The number of carbonyl (C=O) groups is 1. The first-order chi connectivity index (χ1) is 7.70. The second-order valence-electron chi connectivity index (χ2n) is 3.74. The van der Waals surface area contributed by atoms with Gasteiger partial charge in [-0.1, -0.05) is 6.07 Å². The van der Waals surface area contributed by atoms with Crippen molar-refractivity contribution >= 4 is 5.91 Å². The zero-order valence-electron chi connectivity index (χ0n) is 9.02. The number of pyridine rings is 1. The smallest absolute Gasteiger partial charge is 0.272 e. The van der Waals surface area contributed by atoms with Crippen LogP contribution in [-0.4, -0.2) is 42.1 Å². The molecule has 0 radical (unpaired) electrons. The second kappa shape index (κ2) is 4.57. The van der Waals surface area contributed by atoms with Crippen molar-refractivity contribution in [3.05, 3.63) is 29.8 Å². The quantitative estimate of drug-likeness (QED) is 0.706. The molecule has 1 saturated heterocycles. The number of rotatable bonds is 2. The Bertz CT molecular complexity index is 397. The molecule has 0 bridgehead atoms. The number of nitrogens with zero attached hydrogens (tertiary/aromatic N) is 2. The summed E-state index contributed by atoms with van der Waals surface area (Å²) >= 11 is 0. The molecule has 0 aromatic carbocycles. The van der Waals surface area contributed by atoms with E-state index in [2.05, 4.69) is 4.98 Å². The number of hydrogen-bond acceptors (Lipinski definition) is 3. The van der Waals surface area contributed by atoms with E-state index in [-0.39, 0.29) is 17.7 Å². The minimum atomic E-state index is -0.631. The Morgan fingerprint density at radius 1 is 1.62 bits per heavy atom. The molecular weight excluding hydrogens is 211 g/mol. The van der Waals surface area contributed by atoms with E-state index in [0.29, 0.717) is 13.1 Å². The topological polar surface area (TPSA) is 42.4 Å². The van der Waals surface area contributed by atoms with Gasteiger partial charge < -0.3 is 9.64 Å². The first kappa shape index (κ1) is 11.0. The van der Waals surface area contributed by atoms with Crippen LogP contribution in [0.15, 0.2) is 18.2 Å². The summed E-state index contributed by atoms with van der Waals surface area (Å²) in [6.45, 7) is 1.18. The van der Waals surface area contributed by atoms with E-state index >= 15 is 0 Å². The maximum Gasteiger partial charge on any atom is 0.272 e. The molecule has 86 valence electrons. The third-order valence-electron chi connectivity index (χ3n) is 2.70. The molecule has 1 aromatic heterocycles. The zero-order chi connectivity index (χ0) is 11.5. The van der Waals surface area contributed by atoms with Crippen molar-refractivity contribution in [1.82, 2.24) is 9.88 Å². The van der Waals surface area contributed by atoms with Gasteiger partial charge in [0.05, 0.1) is 6.10 Å². The summed E-state index contributed by atoms with van der Waals surface area (Å²) < 4.78 is 18.0. The maximum absolute atomic E-state index is 12.9. The molecule has 4 nitrogen and oxygen atoms in total. The Kier molecular flexibility index (Phi) is 3.14. The minimum Gasteiger partial charge on any atom is -0.380 e. The van der Waals surface area contributed by atoms with Crippen molar-refractivity contribution in [2.24, 2.45) is 0 Å². The third-order valence-corrected chi connectivity index (χ3v) is 2.70. The van der Waals surface area contributed by atoms with Gasteiger partial charge in [-0.05, 0) is 18.6 Å². The average Bonchev–Trinajstić information content (AvgIpc) is 2.76. The lowest BCUT2D eigenvalue weighted by Crippen LogP contribution is -2.30. The summed E-state index contributed by atoms with van der Waals surface area (Å²) in [6, 6.07) is 4.23. The largest absolute Gasteiger partial charge is 0.380 e. The fourth-order valence-electron chi connectivity index (χ4n) is 1.79. The summed E-state index contributed by atoms with van der Waals surface area (Å²) in [5, 5.41) is 0. The summed E-state index contributed by atoms with van der Waals surface area (Å²) in [4.78, 5) is 17.1. The number of methoxy groups -OCH3 is 1. The lowest BCUT2D eigenvalue weighted by Gasteiger charge is -2.15. The first-order valence-corrected chi connectivity index (χ1v) is 5.15. The van der Waals surface area contributed by atoms with Crippen LogP contribution in [0.2, 0.25) is 0 Å². The van der Waals surface area contributed by atoms with Gasteiger partial charge in [0.25, 0.3) is 5.91 Å². The van der Waals surface area contributed by atoms with Crippen molar-refractivity contribution in [1.29, 1.82) is 0 Å². The monoisotopic (exact) mass is 224 g/mol. The van der Waals surface area contributed by atoms with Gasteiger partial charge in [0.2, 0.25) is 5.95 Å². The predicted molar refractivity (Wildman–Crippen MR) is 55.5 cm³/mol. The Morgan fingerprint density at radius 3 is 3.06 bits per heavy atom. The second-order valence-corrected chi connectivity index (χ2v) is 3.74.